The molecule has 9 heteroatoms. The SMILES string of the molecule is O=S(=O)(Cl)c1cc(I)ccc1OC(F)(F)F. The lowest BCUT2D eigenvalue weighted by Gasteiger charge is -2.11. The zero-order chi connectivity index (χ0) is 12.6. The maximum absolute atomic E-state index is 11.9. The van der Waals surface area contributed by atoms with Gasteiger partial charge in [-0.3, -0.25) is 0 Å². The maximum atomic E-state index is 11.9. The van der Waals surface area contributed by atoms with Crippen molar-refractivity contribution in [3.05, 3.63) is 21.8 Å². The molecule has 0 saturated heterocycles. The van der Waals surface area contributed by atoms with Gasteiger partial charge in [0, 0.05) is 14.3 Å². The summed E-state index contributed by atoms with van der Waals surface area (Å²) in [7, 11) is 0.700. The molecule has 0 atom stereocenters. The molecule has 0 heterocycles. The second-order valence-electron chi connectivity index (χ2n) is 2.58. The van der Waals surface area contributed by atoms with E-state index in [1.165, 1.54) is 6.07 Å². The van der Waals surface area contributed by atoms with Crippen LogP contribution in [0.5, 0.6) is 5.75 Å². The predicted octanol–water partition coefficient (Wildman–Crippen LogP) is 3.12. The van der Waals surface area contributed by atoms with Gasteiger partial charge in [0.05, 0.1) is 0 Å². The van der Waals surface area contributed by atoms with Gasteiger partial charge >= 0.3 is 6.36 Å². The highest BCUT2D eigenvalue weighted by molar-refractivity contribution is 14.1. The van der Waals surface area contributed by atoms with Crippen molar-refractivity contribution in [2.24, 2.45) is 0 Å². The minimum absolute atomic E-state index is 0.423. The second kappa shape index (κ2) is 4.57. The van der Waals surface area contributed by atoms with E-state index in [1.54, 1.807) is 22.6 Å². The van der Waals surface area contributed by atoms with Gasteiger partial charge < -0.3 is 4.74 Å². The van der Waals surface area contributed by atoms with E-state index >= 15 is 0 Å². The first-order chi connectivity index (χ1) is 7.09. The predicted molar refractivity (Wildman–Crippen MR) is 58.9 cm³/mol. The van der Waals surface area contributed by atoms with Gasteiger partial charge in [0.25, 0.3) is 9.05 Å². The number of hydrogen-bond acceptors (Lipinski definition) is 3. The number of ether oxygens (including phenoxy) is 1. The van der Waals surface area contributed by atoms with Gasteiger partial charge in [-0.05, 0) is 40.8 Å². The first-order valence-corrected chi connectivity index (χ1v) is 6.98. The monoisotopic (exact) mass is 386 g/mol. The van der Waals surface area contributed by atoms with Crippen molar-refractivity contribution in [2.75, 3.05) is 0 Å². The molecule has 0 fully saturated rings. The van der Waals surface area contributed by atoms with Crippen LogP contribution in [0.25, 0.3) is 0 Å². The topological polar surface area (TPSA) is 43.4 Å². The minimum Gasteiger partial charge on any atom is -0.404 e. The number of halogens is 5. The van der Waals surface area contributed by atoms with Gasteiger partial charge in [-0.25, -0.2) is 8.42 Å². The Kier molecular flexibility index (Phi) is 3.95. The lowest BCUT2D eigenvalue weighted by molar-refractivity contribution is -0.275. The molecule has 0 aliphatic heterocycles. The van der Waals surface area contributed by atoms with Crippen molar-refractivity contribution >= 4 is 42.3 Å². The Labute approximate surface area is 107 Å². The fourth-order valence-electron chi connectivity index (χ4n) is 0.881. The number of alkyl halides is 3. The molecule has 0 saturated carbocycles. The third-order valence-electron chi connectivity index (χ3n) is 1.39. The van der Waals surface area contributed by atoms with Gasteiger partial charge in [0.15, 0.2) is 0 Å². The van der Waals surface area contributed by atoms with Crippen molar-refractivity contribution in [3.8, 4) is 5.75 Å². The Bertz CT molecular complexity index is 500. The fourth-order valence-corrected chi connectivity index (χ4v) is 2.56. The van der Waals surface area contributed by atoms with Crippen LogP contribution in [0.3, 0.4) is 0 Å². The average Bonchev–Trinajstić information content (AvgIpc) is 2.04. The van der Waals surface area contributed by atoms with Crippen LogP contribution >= 0.6 is 33.3 Å². The molecule has 0 aromatic heterocycles. The molecule has 0 amide bonds. The zero-order valence-electron chi connectivity index (χ0n) is 7.25. The Morgan fingerprint density at radius 2 is 1.88 bits per heavy atom. The highest BCUT2D eigenvalue weighted by Crippen LogP contribution is 2.32. The summed E-state index contributed by atoms with van der Waals surface area (Å²) in [6, 6.07) is 3.15. The molecule has 0 radical (unpaired) electrons. The Morgan fingerprint density at radius 1 is 1.31 bits per heavy atom. The highest BCUT2D eigenvalue weighted by Gasteiger charge is 2.33. The Hall–Kier alpha value is -0.220. The maximum Gasteiger partial charge on any atom is 0.573 e. The quantitative estimate of drug-likeness (QED) is 0.579. The molecular weight excluding hydrogens is 383 g/mol. The van der Waals surface area contributed by atoms with E-state index in [0.717, 1.165) is 12.1 Å². The average molecular weight is 387 g/mol. The summed E-state index contributed by atoms with van der Waals surface area (Å²) in [5.41, 5.74) is 0. The molecule has 16 heavy (non-hydrogen) atoms. The zero-order valence-corrected chi connectivity index (χ0v) is 11.0. The first-order valence-electron chi connectivity index (χ1n) is 3.59. The van der Waals surface area contributed by atoms with Crippen LogP contribution in [-0.4, -0.2) is 14.8 Å². The lowest BCUT2D eigenvalue weighted by Crippen LogP contribution is -2.18. The summed E-state index contributed by atoms with van der Waals surface area (Å²) in [6.07, 6.45) is -4.97. The van der Waals surface area contributed by atoms with Crippen LogP contribution in [0.2, 0.25) is 0 Å². The molecular formula is C7H3ClF3IO3S. The van der Waals surface area contributed by atoms with Crippen molar-refractivity contribution in [1.29, 1.82) is 0 Å². The van der Waals surface area contributed by atoms with Crippen molar-refractivity contribution in [3.63, 3.8) is 0 Å². The number of rotatable bonds is 2. The molecule has 1 aromatic rings. The van der Waals surface area contributed by atoms with E-state index in [1.807, 2.05) is 0 Å². The van der Waals surface area contributed by atoms with Crippen LogP contribution in [0.1, 0.15) is 0 Å². The molecule has 0 bridgehead atoms. The van der Waals surface area contributed by atoms with Gasteiger partial charge in [-0.2, -0.15) is 0 Å². The molecule has 0 unspecified atom stereocenters. The number of benzene rings is 1. The molecule has 0 aliphatic rings. The fraction of sp³-hybridized carbons (Fsp3) is 0.143. The minimum atomic E-state index is -4.97. The van der Waals surface area contributed by atoms with Crippen LogP contribution in [0.15, 0.2) is 23.1 Å². The third-order valence-corrected chi connectivity index (χ3v) is 3.41. The van der Waals surface area contributed by atoms with Crippen LogP contribution in [0, 0.1) is 3.57 Å². The molecule has 0 spiro atoms. The summed E-state index contributed by atoms with van der Waals surface area (Å²) in [6.45, 7) is 0. The number of hydrogen-bond donors (Lipinski definition) is 0. The Balaban J connectivity index is 3.30. The summed E-state index contributed by atoms with van der Waals surface area (Å²) in [5, 5.41) is 0. The van der Waals surface area contributed by atoms with E-state index in [0.29, 0.717) is 3.57 Å². The second-order valence-corrected chi connectivity index (χ2v) is 6.36. The summed E-state index contributed by atoms with van der Waals surface area (Å²) in [5.74, 6) is -0.845. The lowest BCUT2D eigenvalue weighted by atomic mass is 10.3. The van der Waals surface area contributed by atoms with E-state index in [9.17, 15) is 21.6 Å². The van der Waals surface area contributed by atoms with E-state index in [4.69, 9.17) is 10.7 Å². The molecule has 3 nitrogen and oxygen atoms in total. The molecule has 0 aliphatic carbocycles. The standard InChI is InChI=1S/C7H3ClF3IO3S/c8-16(13,14)6-3-4(12)1-2-5(6)15-7(9,10)11/h1-3H. The van der Waals surface area contributed by atoms with Crippen molar-refractivity contribution in [1.82, 2.24) is 0 Å². The van der Waals surface area contributed by atoms with E-state index in [2.05, 4.69) is 4.74 Å². The molecule has 90 valence electrons. The first kappa shape index (κ1) is 13.8. The highest BCUT2D eigenvalue weighted by atomic mass is 127. The summed E-state index contributed by atoms with van der Waals surface area (Å²) in [4.78, 5) is -0.710. The van der Waals surface area contributed by atoms with Crippen LogP contribution < -0.4 is 4.74 Å². The smallest absolute Gasteiger partial charge is 0.404 e. The third kappa shape index (κ3) is 3.98. The van der Waals surface area contributed by atoms with Crippen molar-refractivity contribution < 1.29 is 26.3 Å². The molecule has 1 aromatic carbocycles. The van der Waals surface area contributed by atoms with Gasteiger partial charge in [-0.15, -0.1) is 13.2 Å². The Morgan fingerprint density at radius 3 is 2.31 bits per heavy atom. The van der Waals surface area contributed by atoms with Crippen LogP contribution in [-0.2, 0) is 9.05 Å². The summed E-state index contributed by atoms with van der Waals surface area (Å²) >= 11 is 1.74. The molecule has 1 rings (SSSR count). The summed E-state index contributed by atoms with van der Waals surface area (Å²) < 4.78 is 61.8. The molecule has 0 N–H and O–H groups in total. The van der Waals surface area contributed by atoms with Gasteiger partial charge in [0.2, 0.25) is 0 Å². The normalized spacial score (nSPS) is 12.6. The van der Waals surface area contributed by atoms with E-state index in [-0.39, 0.29) is 0 Å². The van der Waals surface area contributed by atoms with Crippen molar-refractivity contribution in [2.45, 2.75) is 11.3 Å². The van der Waals surface area contributed by atoms with Gasteiger partial charge in [-0.1, -0.05) is 0 Å². The van der Waals surface area contributed by atoms with E-state index < -0.39 is 26.1 Å². The van der Waals surface area contributed by atoms with Gasteiger partial charge in [0.1, 0.15) is 10.6 Å². The van der Waals surface area contributed by atoms with Crippen LogP contribution in [0.4, 0.5) is 13.2 Å². The largest absolute Gasteiger partial charge is 0.573 e.